The van der Waals surface area contributed by atoms with Crippen molar-refractivity contribution in [1.29, 1.82) is 0 Å². The summed E-state index contributed by atoms with van der Waals surface area (Å²) in [7, 11) is 0. The lowest BCUT2D eigenvalue weighted by Gasteiger charge is -2.12. The summed E-state index contributed by atoms with van der Waals surface area (Å²) in [5.74, 6) is -0.983. The SMILES string of the molecule is O=C(Cn1cc(C(F)(F)F)cc(Cl)c1=O)NCCNC(=O)c1cccs1. The van der Waals surface area contributed by atoms with Gasteiger partial charge in [0.2, 0.25) is 5.91 Å². The van der Waals surface area contributed by atoms with E-state index in [0.29, 0.717) is 21.7 Å². The molecule has 6 nitrogen and oxygen atoms in total. The summed E-state index contributed by atoms with van der Waals surface area (Å²) >= 11 is 6.77. The average molecular weight is 408 g/mol. The highest BCUT2D eigenvalue weighted by Crippen LogP contribution is 2.29. The number of hydrogen-bond donors (Lipinski definition) is 2. The zero-order valence-electron chi connectivity index (χ0n) is 13.1. The lowest BCUT2D eigenvalue weighted by Crippen LogP contribution is -2.37. The molecule has 0 bridgehead atoms. The van der Waals surface area contributed by atoms with Crippen molar-refractivity contribution in [2.24, 2.45) is 0 Å². The quantitative estimate of drug-likeness (QED) is 0.720. The molecule has 0 saturated carbocycles. The van der Waals surface area contributed by atoms with E-state index in [4.69, 9.17) is 11.6 Å². The van der Waals surface area contributed by atoms with Crippen LogP contribution in [0.25, 0.3) is 0 Å². The maximum absolute atomic E-state index is 12.7. The number of rotatable bonds is 6. The first-order valence-corrected chi connectivity index (χ1v) is 8.50. The Morgan fingerprint density at radius 1 is 1.23 bits per heavy atom. The fraction of sp³-hybridized carbons (Fsp3) is 0.267. The van der Waals surface area contributed by atoms with Crippen molar-refractivity contribution in [3.63, 3.8) is 0 Å². The van der Waals surface area contributed by atoms with E-state index in [1.807, 2.05) is 0 Å². The maximum Gasteiger partial charge on any atom is 0.417 e. The third-order valence-electron chi connectivity index (χ3n) is 3.16. The van der Waals surface area contributed by atoms with Crippen molar-refractivity contribution in [3.05, 3.63) is 55.6 Å². The van der Waals surface area contributed by atoms with Gasteiger partial charge in [-0.15, -0.1) is 11.3 Å². The molecule has 0 saturated heterocycles. The number of thiophene rings is 1. The highest BCUT2D eigenvalue weighted by Gasteiger charge is 2.32. The summed E-state index contributed by atoms with van der Waals surface area (Å²) in [4.78, 5) is 35.8. The fourth-order valence-corrected chi connectivity index (χ4v) is 2.82. The molecule has 0 spiro atoms. The minimum Gasteiger partial charge on any atom is -0.353 e. The second-order valence-corrected chi connectivity index (χ2v) is 6.45. The molecule has 0 radical (unpaired) electrons. The number of hydrogen-bond acceptors (Lipinski definition) is 4. The second-order valence-electron chi connectivity index (χ2n) is 5.09. The van der Waals surface area contributed by atoms with Gasteiger partial charge in [0.25, 0.3) is 11.5 Å². The summed E-state index contributed by atoms with van der Waals surface area (Å²) in [5.41, 5.74) is -2.03. The van der Waals surface area contributed by atoms with Crippen LogP contribution in [-0.4, -0.2) is 29.5 Å². The molecule has 0 aliphatic rings. The van der Waals surface area contributed by atoms with Gasteiger partial charge >= 0.3 is 6.18 Å². The summed E-state index contributed by atoms with van der Waals surface area (Å²) in [6.07, 6.45) is -4.16. The molecule has 2 aromatic rings. The van der Waals surface area contributed by atoms with Gasteiger partial charge in [0, 0.05) is 19.3 Å². The van der Waals surface area contributed by atoms with Gasteiger partial charge in [-0.2, -0.15) is 13.2 Å². The summed E-state index contributed by atoms with van der Waals surface area (Å²) in [6, 6.07) is 3.88. The molecule has 0 aromatic carbocycles. The maximum atomic E-state index is 12.7. The van der Waals surface area contributed by atoms with Crippen LogP contribution in [0, 0.1) is 0 Å². The minimum atomic E-state index is -4.69. The van der Waals surface area contributed by atoms with Crippen LogP contribution >= 0.6 is 22.9 Å². The van der Waals surface area contributed by atoms with E-state index in [-0.39, 0.29) is 19.0 Å². The molecular weight excluding hydrogens is 395 g/mol. The molecule has 0 aliphatic heterocycles. The number of nitrogens with one attached hydrogen (secondary N) is 2. The van der Waals surface area contributed by atoms with Crippen molar-refractivity contribution >= 4 is 34.8 Å². The van der Waals surface area contributed by atoms with Crippen molar-refractivity contribution in [1.82, 2.24) is 15.2 Å². The number of amides is 2. The lowest BCUT2D eigenvalue weighted by atomic mass is 10.2. The molecule has 0 atom stereocenters. The van der Waals surface area contributed by atoms with Crippen LogP contribution in [0.15, 0.2) is 34.6 Å². The van der Waals surface area contributed by atoms with E-state index in [1.54, 1.807) is 17.5 Å². The fourth-order valence-electron chi connectivity index (χ4n) is 1.96. The van der Waals surface area contributed by atoms with Crippen LogP contribution < -0.4 is 16.2 Å². The molecule has 2 amide bonds. The van der Waals surface area contributed by atoms with Gasteiger partial charge in [-0.1, -0.05) is 17.7 Å². The Morgan fingerprint density at radius 2 is 1.92 bits per heavy atom. The van der Waals surface area contributed by atoms with Crippen molar-refractivity contribution < 1.29 is 22.8 Å². The third-order valence-corrected chi connectivity index (χ3v) is 4.30. The molecule has 26 heavy (non-hydrogen) atoms. The van der Waals surface area contributed by atoms with Crippen molar-refractivity contribution in [3.8, 4) is 0 Å². The molecule has 2 N–H and O–H groups in total. The predicted molar refractivity (Wildman–Crippen MR) is 90.4 cm³/mol. The third kappa shape index (κ3) is 5.33. The summed E-state index contributed by atoms with van der Waals surface area (Å²) < 4.78 is 38.8. The number of carbonyl (C=O) groups is 2. The Labute approximate surface area is 154 Å². The molecule has 2 heterocycles. The summed E-state index contributed by atoms with van der Waals surface area (Å²) in [5, 5.41) is 6.09. The van der Waals surface area contributed by atoms with Crippen LogP contribution in [0.2, 0.25) is 5.02 Å². The lowest BCUT2D eigenvalue weighted by molar-refractivity contribution is -0.138. The standard InChI is InChI=1S/C15H13ClF3N3O3S/c16-10-6-9(15(17,18)19)7-22(14(10)25)8-12(23)20-3-4-21-13(24)11-2-1-5-26-11/h1-2,5-7H,3-4,8H2,(H,20,23)(H,21,24). The minimum absolute atomic E-state index is 0.0530. The Kier molecular flexibility index (Phi) is 6.43. The molecule has 0 unspecified atom stereocenters. The first-order valence-electron chi connectivity index (χ1n) is 7.24. The number of alkyl halides is 3. The molecular formula is C15H13ClF3N3O3S. The number of pyridine rings is 1. The average Bonchev–Trinajstić information content (AvgIpc) is 3.09. The van der Waals surface area contributed by atoms with Gasteiger partial charge in [-0.3, -0.25) is 14.4 Å². The van der Waals surface area contributed by atoms with Gasteiger partial charge in [0.05, 0.1) is 10.4 Å². The van der Waals surface area contributed by atoms with E-state index in [9.17, 15) is 27.6 Å². The van der Waals surface area contributed by atoms with Crippen LogP contribution in [-0.2, 0) is 17.5 Å². The van der Waals surface area contributed by atoms with Crippen LogP contribution in [0.3, 0.4) is 0 Å². The van der Waals surface area contributed by atoms with E-state index >= 15 is 0 Å². The highest BCUT2D eigenvalue weighted by atomic mass is 35.5. The Morgan fingerprint density at radius 3 is 2.54 bits per heavy atom. The monoisotopic (exact) mass is 407 g/mol. The van der Waals surface area contributed by atoms with Gasteiger partial charge in [0.1, 0.15) is 11.6 Å². The molecule has 0 aliphatic carbocycles. The van der Waals surface area contributed by atoms with E-state index in [2.05, 4.69) is 10.6 Å². The van der Waals surface area contributed by atoms with E-state index < -0.39 is 34.8 Å². The molecule has 140 valence electrons. The number of nitrogens with zero attached hydrogens (tertiary/aromatic N) is 1. The van der Waals surface area contributed by atoms with Gasteiger partial charge in [0.15, 0.2) is 0 Å². The molecule has 11 heteroatoms. The number of halogens is 4. The van der Waals surface area contributed by atoms with Crippen molar-refractivity contribution in [2.45, 2.75) is 12.7 Å². The smallest absolute Gasteiger partial charge is 0.353 e. The van der Waals surface area contributed by atoms with Gasteiger partial charge in [-0.05, 0) is 17.5 Å². The molecule has 2 aromatic heterocycles. The van der Waals surface area contributed by atoms with Crippen LogP contribution in [0.1, 0.15) is 15.2 Å². The van der Waals surface area contributed by atoms with Crippen molar-refractivity contribution in [2.75, 3.05) is 13.1 Å². The van der Waals surface area contributed by atoms with Crippen LogP contribution in [0.4, 0.5) is 13.2 Å². The van der Waals surface area contributed by atoms with Gasteiger partial charge < -0.3 is 15.2 Å². The molecule has 0 fully saturated rings. The normalized spacial score (nSPS) is 11.2. The first-order chi connectivity index (χ1) is 12.2. The Balaban J connectivity index is 1.89. The second kappa shape index (κ2) is 8.37. The van der Waals surface area contributed by atoms with Gasteiger partial charge in [-0.25, -0.2) is 0 Å². The van der Waals surface area contributed by atoms with E-state index in [1.165, 1.54) is 11.3 Å². The van der Waals surface area contributed by atoms with E-state index in [0.717, 1.165) is 0 Å². The van der Waals surface area contributed by atoms with Crippen LogP contribution in [0.5, 0.6) is 0 Å². The first kappa shape index (κ1) is 20.0. The number of carbonyl (C=O) groups excluding carboxylic acids is 2. The zero-order valence-corrected chi connectivity index (χ0v) is 14.7. The zero-order chi connectivity index (χ0) is 19.3. The molecule has 2 rings (SSSR count). The Hall–Kier alpha value is -2.33. The topological polar surface area (TPSA) is 80.2 Å². The Bertz CT molecular complexity index is 850. The highest BCUT2D eigenvalue weighted by molar-refractivity contribution is 7.12. The summed E-state index contributed by atoms with van der Waals surface area (Å²) in [6.45, 7) is -0.445. The predicted octanol–water partition coefficient (Wildman–Crippen LogP) is 2.13. The largest absolute Gasteiger partial charge is 0.417 e. The number of aromatic nitrogens is 1.